The highest BCUT2D eigenvalue weighted by Crippen LogP contribution is 2.27. The number of amides is 1. The molecule has 2 heterocycles. The Bertz CT molecular complexity index is 491. The molecule has 2 aliphatic rings. The minimum atomic E-state index is -0.0267. The van der Waals surface area contributed by atoms with Crippen molar-refractivity contribution in [1.29, 1.82) is 0 Å². The molecule has 23 heavy (non-hydrogen) atoms. The molecule has 1 unspecified atom stereocenters. The van der Waals surface area contributed by atoms with Gasteiger partial charge >= 0.3 is 0 Å². The SMILES string of the molecule is CC1CCC(CNC(=O)c2ccn(C3CCCNC3)n2)CC1.Cl. The fraction of sp³-hybridized carbons (Fsp3) is 0.765. The molecule has 1 saturated heterocycles. The Morgan fingerprint density at radius 2 is 2.13 bits per heavy atom. The number of rotatable bonds is 4. The van der Waals surface area contributed by atoms with Gasteiger partial charge in [-0.25, -0.2) is 0 Å². The molecule has 2 N–H and O–H groups in total. The van der Waals surface area contributed by atoms with Crippen molar-refractivity contribution in [3.63, 3.8) is 0 Å². The van der Waals surface area contributed by atoms with Gasteiger partial charge < -0.3 is 10.6 Å². The van der Waals surface area contributed by atoms with E-state index < -0.39 is 0 Å². The Morgan fingerprint density at radius 3 is 2.83 bits per heavy atom. The number of aromatic nitrogens is 2. The van der Waals surface area contributed by atoms with E-state index in [4.69, 9.17) is 0 Å². The number of hydrogen-bond donors (Lipinski definition) is 2. The number of carbonyl (C=O) groups excluding carboxylic acids is 1. The maximum atomic E-state index is 12.2. The molecule has 0 bridgehead atoms. The van der Waals surface area contributed by atoms with E-state index in [0.717, 1.165) is 32.0 Å². The van der Waals surface area contributed by atoms with Crippen LogP contribution in [0.4, 0.5) is 0 Å². The number of nitrogens with zero attached hydrogens (tertiary/aromatic N) is 2. The molecule has 1 aromatic heterocycles. The van der Waals surface area contributed by atoms with Crippen LogP contribution in [0.3, 0.4) is 0 Å². The summed E-state index contributed by atoms with van der Waals surface area (Å²) in [4.78, 5) is 12.2. The van der Waals surface area contributed by atoms with Gasteiger partial charge in [0.05, 0.1) is 6.04 Å². The van der Waals surface area contributed by atoms with Gasteiger partial charge in [0.1, 0.15) is 5.69 Å². The van der Waals surface area contributed by atoms with Crippen molar-refractivity contribution in [2.45, 2.75) is 51.5 Å². The van der Waals surface area contributed by atoms with Crippen LogP contribution in [0.2, 0.25) is 0 Å². The molecule has 5 nitrogen and oxygen atoms in total. The first kappa shape index (κ1) is 18.3. The van der Waals surface area contributed by atoms with Gasteiger partial charge in [0.2, 0.25) is 0 Å². The van der Waals surface area contributed by atoms with E-state index in [2.05, 4.69) is 22.7 Å². The van der Waals surface area contributed by atoms with Crippen molar-refractivity contribution >= 4 is 18.3 Å². The lowest BCUT2D eigenvalue weighted by molar-refractivity contribution is 0.0935. The Kier molecular flexibility index (Phi) is 6.90. The summed E-state index contributed by atoms with van der Waals surface area (Å²) in [5.74, 6) is 1.47. The summed E-state index contributed by atoms with van der Waals surface area (Å²) in [6, 6.07) is 2.22. The number of hydrogen-bond acceptors (Lipinski definition) is 3. The topological polar surface area (TPSA) is 59.0 Å². The van der Waals surface area contributed by atoms with E-state index in [1.807, 2.05) is 16.9 Å². The number of nitrogens with one attached hydrogen (secondary N) is 2. The van der Waals surface area contributed by atoms with Crippen molar-refractivity contribution in [3.05, 3.63) is 18.0 Å². The molecule has 6 heteroatoms. The Labute approximate surface area is 145 Å². The largest absolute Gasteiger partial charge is 0.350 e. The summed E-state index contributed by atoms with van der Waals surface area (Å²) in [5.41, 5.74) is 0.551. The van der Waals surface area contributed by atoms with E-state index in [-0.39, 0.29) is 18.3 Å². The standard InChI is InChI=1S/C17H28N4O.ClH/c1-13-4-6-14(7-5-13)11-19-17(22)16-8-10-21(20-16)15-3-2-9-18-12-15;/h8,10,13-15,18H,2-7,9,11-12H2,1H3,(H,19,22);1H. The van der Waals surface area contributed by atoms with Crippen LogP contribution >= 0.6 is 12.4 Å². The molecular formula is C17H29ClN4O. The molecular weight excluding hydrogens is 312 g/mol. The minimum absolute atomic E-state index is 0. The molecule has 1 aliphatic heterocycles. The summed E-state index contributed by atoms with van der Waals surface area (Å²) < 4.78 is 1.95. The molecule has 130 valence electrons. The summed E-state index contributed by atoms with van der Waals surface area (Å²) in [6.45, 7) is 5.15. The second-order valence-corrected chi connectivity index (χ2v) is 7.02. The third kappa shape index (κ3) is 4.95. The summed E-state index contributed by atoms with van der Waals surface area (Å²) in [6.07, 6.45) is 9.32. The molecule has 1 aromatic rings. The van der Waals surface area contributed by atoms with Gasteiger partial charge in [-0.05, 0) is 50.1 Å². The van der Waals surface area contributed by atoms with Crippen molar-refractivity contribution in [2.24, 2.45) is 11.8 Å². The lowest BCUT2D eigenvalue weighted by Gasteiger charge is -2.26. The van der Waals surface area contributed by atoms with Gasteiger partial charge in [-0.2, -0.15) is 5.10 Å². The van der Waals surface area contributed by atoms with Crippen molar-refractivity contribution in [1.82, 2.24) is 20.4 Å². The van der Waals surface area contributed by atoms with Crippen LogP contribution < -0.4 is 10.6 Å². The Balaban J connectivity index is 0.00000192. The molecule has 1 amide bonds. The quantitative estimate of drug-likeness (QED) is 0.886. The lowest BCUT2D eigenvalue weighted by atomic mass is 9.83. The maximum Gasteiger partial charge on any atom is 0.271 e. The normalized spacial score (nSPS) is 28.0. The highest BCUT2D eigenvalue weighted by Gasteiger charge is 2.20. The highest BCUT2D eigenvalue weighted by molar-refractivity contribution is 5.92. The second kappa shape index (κ2) is 8.69. The number of piperidine rings is 1. The Morgan fingerprint density at radius 1 is 1.35 bits per heavy atom. The molecule has 1 saturated carbocycles. The molecule has 0 aromatic carbocycles. The zero-order valence-corrected chi connectivity index (χ0v) is 14.8. The van der Waals surface area contributed by atoms with Gasteiger partial charge in [0, 0.05) is 19.3 Å². The van der Waals surface area contributed by atoms with Crippen LogP contribution in [0.25, 0.3) is 0 Å². The summed E-state index contributed by atoms with van der Waals surface area (Å²) in [5, 5.41) is 10.9. The first-order valence-corrected chi connectivity index (χ1v) is 8.76. The van der Waals surface area contributed by atoms with Crippen LogP contribution in [-0.2, 0) is 0 Å². The Hall–Kier alpha value is -1.07. The third-order valence-corrected chi connectivity index (χ3v) is 5.17. The molecule has 2 fully saturated rings. The lowest BCUT2D eigenvalue weighted by Crippen LogP contribution is -2.33. The smallest absolute Gasteiger partial charge is 0.271 e. The van der Waals surface area contributed by atoms with Gasteiger partial charge in [-0.15, -0.1) is 12.4 Å². The fourth-order valence-electron chi connectivity index (χ4n) is 3.58. The number of halogens is 1. The molecule has 1 atom stereocenters. The second-order valence-electron chi connectivity index (χ2n) is 7.02. The van der Waals surface area contributed by atoms with E-state index in [9.17, 15) is 4.79 Å². The first-order chi connectivity index (χ1) is 10.7. The van der Waals surface area contributed by atoms with Gasteiger partial charge in [-0.1, -0.05) is 19.8 Å². The van der Waals surface area contributed by atoms with Crippen molar-refractivity contribution in [2.75, 3.05) is 19.6 Å². The maximum absolute atomic E-state index is 12.2. The van der Waals surface area contributed by atoms with Gasteiger partial charge in [-0.3, -0.25) is 9.48 Å². The van der Waals surface area contributed by atoms with Crippen LogP contribution in [0, 0.1) is 11.8 Å². The predicted molar refractivity (Wildman–Crippen MR) is 94.1 cm³/mol. The molecule has 0 radical (unpaired) electrons. The summed E-state index contributed by atoms with van der Waals surface area (Å²) >= 11 is 0. The van der Waals surface area contributed by atoms with Crippen LogP contribution in [0.15, 0.2) is 12.3 Å². The molecule has 1 aliphatic carbocycles. The zero-order valence-electron chi connectivity index (χ0n) is 14.0. The van der Waals surface area contributed by atoms with Crippen LogP contribution in [0.1, 0.15) is 62.0 Å². The first-order valence-electron chi connectivity index (χ1n) is 8.76. The third-order valence-electron chi connectivity index (χ3n) is 5.17. The summed E-state index contributed by atoms with van der Waals surface area (Å²) in [7, 11) is 0. The molecule has 0 spiro atoms. The number of carbonyl (C=O) groups is 1. The van der Waals surface area contributed by atoms with E-state index in [1.165, 1.54) is 32.1 Å². The zero-order chi connectivity index (χ0) is 15.4. The predicted octanol–water partition coefficient (Wildman–Crippen LogP) is 2.79. The molecule has 3 rings (SSSR count). The fourth-order valence-corrected chi connectivity index (χ4v) is 3.58. The van der Waals surface area contributed by atoms with Gasteiger partial charge in [0.25, 0.3) is 5.91 Å². The monoisotopic (exact) mass is 340 g/mol. The van der Waals surface area contributed by atoms with E-state index in [1.54, 1.807) is 0 Å². The average Bonchev–Trinajstić information content (AvgIpc) is 3.05. The van der Waals surface area contributed by atoms with Crippen LogP contribution in [0.5, 0.6) is 0 Å². The highest BCUT2D eigenvalue weighted by atomic mass is 35.5. The van der Waals surface area contributed by atoms with Crippen molar-refractivity contribution in [3.8, 4) is 0 Å². The van der Waals surface area contributed by atoms with E-state index >= 15 is 0 Å². The van der Waals surface area contributed by atoms with Crippen LogP contribution in [-0.4, -0.2) is 35.3 Å². The van der Waals surface area contributed by atoms with Gasteiger partial charge in [0.15, 0.2) is 0 Å². The van der Waals surface area contributed by atoms with E-state index in [0.29, 0.717) is 17.7 Å². The average molecular weight is 341 g/mol. The van der Waals surface area contributed by atoms with Crippen molar-refractivity contribution < 1.29 is 4.79 Å². The minimum Gasteiger partial charge on any atom is -0.350 e.